The first-order valence-corrected chi connectivity index (χ1v) is 11.3. The number of likely N-dealkylation sites (tertiary alicyclic amines) is 1. The highest BCUT2D eigenvalue weighted by Gasteiger charge is 2.28. The number of piperidine rings is 1. The lowest BCUT2D eigenvalue weighted by atomic mass is 9.96. The predicted octanol–water partition coefficient (Wildman–Crippen LogP) is 1.97. The molecule has 4 rings (SSSR count). The summed E-state index contributed by atoms with van der Waals surface area (Å²) in [7, 11) is 0. The summed E-state index contributed by atoms with van der Waals surface area (Å²) in [6.45, 7) is 7.49. The molecule has 2 saturated heterocycles. The van der Waals surface area contributed by atoms with Crippen molar-refractivity contribution >= 4 is 23.2 Å². The number of hydrogen-bond acceptors (Lipinski definition) is 7. The maximum Gasteiger partial charge on any atom is 0.257 e. The Bertz CT molecular complexity index is 925. The second-order valence-electron chi connectivity index (χ2n) is 7.85. The van der Waals surface area contributed by atoms with E-state index in [9.17, 15) is 9.59 Å². The molecule has 2 aliphatic rings. The quantitative estimate of drug-likeness (QED) is 0.738. The summed E-state index contributed by atoms with van der Waals surface area (Å²) >= 11 is 1.57. The van der Waals surface area contributed by atoms with Crippen molar-refractivity contribution in [3.8, 4) is 0 Å². The van der Waals surface area contributed by atoms with E-state index >= 15 is 0 Å². The van der Waals surface area contributed by atoms with Crippen molar-refractivity contribution in [3.63, 3.8) is 0 Å². The van der Waals surface area contributed by atoms with Crippen LogP contribution in [-0.4, -0.2) is 76.0 Å². The molecule has 0 aromatic carbocycles. The molecule has 2 aliphatic heterocycles. The molecule has 2 aromatic heterocycles. The zero-order valence-corrected chi connectivity index (χ0v) is 18.3. The van der Waals surface area contributed by atoms with Gasteiger partial charge in [-0.2, -0.15) is 0 Å². The number of nitrogens with zero attached hydrogens (tertiary/aromatic N) is 5. The minimum absolute atomic E-state index is 0.0404. The van der Waals surface area contributed by atoms with E-state index in [4.69, 9.17) is 4.74 Å². The Kier molecular flexibility index (Phi) is 6.38. The first-order chi connectivity index (χ1) is 14.5. The molecule has 0 unspecified atom stereocenters. The third kappa shape index (κ3) is 4.67. The van der Waals surface area contributed by atoms with Crippen LogP contribution in [-0.2, 0) is 16.0 Å². The summed E-state index contributed by atoms with van der Waals surface area (Å²) in [5.41, 5.74) is 2.07. The largest absolute Gasteiger partial charge is 0.378 e. The Labute approximate surface area is 180 Å². The van der Waals surface area contributed by atoms with Crippen LogP contribution < -0.4 is 0 Å². The van der Waals surface area contributed by atoms with Gasteiger partial charge in [-0.15, -0.1) is 11.3 Å². The molecule has 9 heteroatoms. The van der Waals surface area contributed by atoms with Crippen molar-refractivity contribution in [2.75, 3.05) is 39.4 Å². The van der Waals surface area contributed by atoms with Crippen molar-refractivity contribution in [2.45, 2.75) is 39.0 Å². The monoisotopic (exact) mass is 429 g/mol. The highest BCUT2D eigenvalue weighted by atomic mass is 32.1. The molecule has 0 N–H and O–H groups in total. The van der Waals surface area contributed by atoms with Gasteiger partial charge in [-0.3, -0.25) is 9.59 Å². The first kappa shape index (κ1) is 20.9. The van der Waals surface area contributed by atoms with Crippen LogP contribution in [0.3, 0.4) is 0 Å². The molecule has 2 fully saturated rings. The van der Waals surface area contributed by atoms with Gasteiger partial charge in [0.2, 0.25) is 5.91 Å². The van der Waals surface area contributed by atoms with Crippen molar-refractivity contribution < 1.29 is 14.3 Å². The number of ether oxygens (including phenoxy) is 1. The summed E-state index contributed by atoms with van der Waals surface area (Å²) in [5, 5.41) is 2.93. The second kappa shape index (κ2) is 9.18. The summed E-state index contributed by atoms with van der Waals surface area (Å²) in [4.78, 5) is 42.7. The van der Waals surface area contributed by atoms with Gasteiger partial charge in [-0.05, 0) is 26.7 Å². The van der Waals surface area contributed by atoms with Crippen LogP contribution in [0.5, 0.6) is 0 Å². The third-order valence-corrected chi connectivity index (χ3v) is 6.49. The minimum atomic E-state index is -0.0404. The number of aryl methyl sites for hydroxylation is 2. The lowest BCUT2D eigenvalue weighted by molar-refractivity contribution is -0.131. The molecule has 2 aromatic rings. The SMILES string of the molecule is Cc1nc(CC(=O)N2CCC[C@@H](c3ncc(C(=O)N4CCOCC4)c(C)n3)C2)cs1. The number of morpholine rings is 1. The highest BCUT2D eigenvalue weighted by molar-refractivity contribution is 7.09. The van der Waals surface area contributed by atoms with Crippen LogP contribution in [0.15, 0.2) is 11.6 Å². The Hall–Kier alpha value is -2.39. The van der Waals surface area contributed by atoms with Crippen LogP contribution in [0.4, 0.5) is 0 Å². The number of amides is 2. The molecule has 1 atom stereocenters. The van der Waals surface area contributed by atoms with E-state index in [1.54, 1.807) is 22.4 Å². The van der Waals surface area contributed by atoms with Crippen molar-refractivity contribution in [2.24, 2.45) is 0 Å². The van der Waals surface area contributed by atoms with Crippen LogP contribution >= 0.6 is 11.3 Å². The highest BCUT2D eigenvalue weighted by Crippen LogP contribution is 2.26. The average molecular weight is 430 g/mol. The summed E-state index contributed by atoms with van der Waals surface area (Å²) in [6, 6.07) is 0. The summed E-state index contributed by atoms with van der Waals surface area (Å²) < 4.78 is 5.32. The fraction of sp³-hybridized carbons (Fsp3) is 0.571. The Morgan fingerprint density at radius 2 is 1.97 bits per heavy atom. The van der Waals surface area contributed by atoms with Gasteiger partial charge in [0.05, 0.1) is 41.6 Å². The van der Waals surface area contributed by atoms with E-state index in [-0.39, 0.29) is 17.7 Å². The van der Waals surface area contributed by atoms with Crippen LogP contribution in [0.25, 0.3) is 0 Å². The zero-order valence-electron chi connectivity index (χ0n) is 17.5. The Morgan fingerprint density at radius 1 is 1.17 bits per heavy atom. The Morgan fingerprint density at radius 3 is 2.67 bits per heavy atom. The number of thiazole rings is 1. The van der Waals surface area contributed by atoms with E-state index < -0.39 is 0 Å². The van der Waals surface area contributed by atoms with Crippen LogP contribution in [0.1, 0.15) is 51.3 Å². The average Bonchev–Trinajstić information content (AvgIpc) is 3.18. The molecule has 0 saturated carbocycles. The predicted molar refractivity (Wildman–Crippen MR) is 113 cm³/mol. The fourth-order valence-corrected chi connectivity index (χ4v) is 4.61. The van der Waals surface area contributed by atoms with E-state index in [1.165, 1.54) is 0 Å². The standard InChI is InChI=1S/C21H27N5O3S/c1-14-18(21(28)25-6-8-29-9-7-25)11-22-20(23-14)16-4-3-5-26(12-16)19(27)10-17-13-30-15(2)24-17/h11,13,16H,3-10,12H2,1-2H3/t16-/m1/s1. The third-order valence-electron chi connectivity index (χ3n) is 5.66. The van der Waals surface area contributed by atoms with Gasteiger partial charge in [0.15, 0.2) is 0 Å². The van der Waals surface area contributed by atoms with Crippen LogP contribution in [0, 0.1) is 13.8 Å². The van der Waals surface area contributed by atoms with E-state index in [0.717, 1.165) is 30.1 Å². The summed E-state index contributed by atoms with van der Waals surface area (Å²) in [6.07, 6.45) is 3.84. The molecule has 0 aliphatic carbocycles. The van der Waals surface area contributed by atoms with Gasteiger partial charge < -0.3 is 14.5 Å². The zero-order chi connectivity index (χ0) is 21.1. The number of carbonyl (C=O) groups is 2. The number of carbonyl (C=O) groups excluding carboxylic acids is 2. The van der Waals surface area contributed by atoms with E-state index in [0.29, 0.717) is 56.4 Å². The van der Waals surface area contributed by atoms with Gasteiger partial charge in [0.1, 0.15) is 5.82 Å². The Balaban J connectivity index is 1.42. The molecule has 2 amide bonds. The smallest absolute Gasteiger partial charge is 0.257 e. The van der Waals surface area contributed by atoms with Crippen molar-refractivity contribution in [3.05, 3.63) is 39.4 Å². The van der Waals surface area contributed by atoms with E-state index in [2.05, 4.69) is 15.0 Å². The molecule has 0 bridgehead atoms. The van der Waals surface area contributed by atoms with Gasteiger partial charge in [0, 0.05) is 43.7 Å². The van der Waals surface area contributed by atoms with Gasteiger partial charge in [0.25, 0.3) is 5.91 Å². The minimum Gasteiger partial charge on any atom is -0.378 e. The van der Waals surface area contributed by atoms with Crippen LogP contribution in [0.2, 0.25) is 0 Å². The van der Waals surface area contributed by atoms with Gasteiger partial charge in [-0.25, -0.2) is 15.0 Å². The number of hydrogen-bond donors (Lipinski definition) is 0. The fourth-order valence-electron chi connectivity index (χ4n) is 4.00. The molecule has 0 spiro atoms. The number of aromatic nitrogens is 3. The maximum atomic E-state index is 12.8. The molecule has 4 heterocycles. The van der Waals surface area contributed by atoms with Gasteiger partial charge in [-0.1, -0.05) is 0 Å². The van der Waals surface area contributed by atoms with E-state index in [1.807, 2.05) is 24.1 Å². The second-order valence-corrected chi connectivity index (χ2v) is 8.91. The summed E-state index contributed by atoms with van der Waals surface area (Å²) in [5.74, 6) is 0.862. The number of rotatable bonds is 4. The topological polar surface area (TPSA) is 88.5 Å². The molecular formula is C21H27N5O3S. The van der Waals surface area contributed by atoms with Crippen molar-refractivity contribution in [1.82, 2.24) is 24.8 Å². The lowest BCUT2D eigenvalue weighted by Crippen LogP contribution is -2.41. The molecular weight excluding hydrogens is 402 g/mol. The maximum absolute atomic E-state index is 12.8. The molecule has 160 valence electrons. The van der Waals surface area contributed by atoms with Crippen molar-refractivity contribution in [1.29, 1.82) is 0 Å². The normalized spacial score (nSPS) is 19.7. The molecule has 30 heavy (non-hydrogen) atoms. The molecule has 8 nitrogen and oxygen atoms in total. The van der Waals surface area contributed by atoms with Gasteiger partial charge >= 0.3 is 0 Å². The lowest BCUT2D eigenvalue weighted by Gasteiger charge is -2.32. The first-order valence-electron chi connectivity index (χ1n) is 10.4. The molecule has 0 radical (unpaired) electrons.